The first-order chi connectivity index (χ1) is 6.72. The molecule has 2 N–H and O–H groups in total. The van der Waals surface area contributed by atoms with Gasteiger partial charge in [0.15, 0.2) is 0 Å². The molecule has 0 atom stereocenters. The molecule has 1 rings (SSSR count). The van der Waals surface area contributed by atoms with Gasteiger partial charge < -0.3 is 15.2 Å². The molecule has 4 heteroatoms. The number of carboxylic acids is 1. The third kappa shape index (κ3) is 4.07. The van der Waals surface area contributed by atoms with Crippen molar-refractivity contribution in [2.75, 3.05) is 13.2 Å². The highest BCUT2D eigenvalue weighted by Gasteiger charge is 2.21. The van der Waals surface area contributed by atoms with Crippen LogP contribution in [0.5, 0.6) is 0 Å². The largest absolute Gasteiger partial charge is 0.480 e. The van der Waals surface area contributed by atoms with Gasteiger partial charge >= 0.3 is 5.97 Å². The topological polar surface area (TPSA) is 58.6 Å². The molecule has 0 aromatic heterocycles. The minimum absolute atomic E-state index is 0.154. The summed E-state index contributed by atoms with van der Waals surface area (Å²) < 4.78 is 5.24. The van der Waals surface area contributed by atoms with Gasteiger partial charge in [-0.1, -0.05) is 6.92 Å². The van der Waals surface area contributed by atoms with Gasteiger partial charge in [0.25, 0.3) is 0 Å². The molecular formula is C10H19NO3. The molecule has 1 aliphatic rings. The van der Waals surface area contributed by atoms with E-state index < -0.39 is 5.97 Å². The van der Waals surface area contributed by atoms with Crippen LogP contribution in [-0.4, -0.2) is 36.4 Å². The number of hydrogen-bond donors (Lipinski definition) is 2. The van der Waals surface area contributed by atoms with Gasteiger partial charge in [0.05, 0.1) is 6.10 Å². The second-order valence-corrected chi connectivity index (χ2v) is 3.74. The average molecular weight is 201 g/mol. The molecule has 0 radical (unpaired) electrons. The van der Waals surface area contributed by atoms with Gasteiger partial charge in [0, 0.05) is 6.04 Å². The normalized spacial score (nSPS) is 27.5. The van der Waals surface area contributed by atoms with Crippen LogP contribution < -0.4 is 5.32 Å². The van der Waals surface area contributed by atoms with Crippen molar-refractivity contribution >= 4 is 5.97 Å². The number of rotatable bonds is 5. The fourth-order valence-electron chi connectivity index (χ4n) is 1.91. The molecule has 0 spiro atoms. The van der Waals surface area contributed by atoms with E-state index in [0.717, 1.165) is 32.2 Å². The van der Waals surface area contributed by atoms with Crippen molar-refractivity contribution < 1.29 is 14.6 Å². The molecule has 82 valence electrons. The van der Waals surface area contributed by atoms with Crippen LogP contribution in [0.15, 0.2) is 0 Å². The molecule has 0 amide bonds. The van der Waals surface area contributed by atoms with Crippen molar-refractivity contribution in [3.05, 3.63) is 0 Å². The quantitative estimate of drug-likeness (QED) is 0.697. The lowest BCUT2D eigenvalue weighted by Crippen LogP contribution is -2.35. The summed E-state index contributed by atoms with van der Waals surface area (Å²) in [4.78, 5) is 10.3. The first-order valence-electron chi connectivity index (χ1n) is 5.29. The Balaban J connectivity index is 2.12. The molecule has 0 heterocycles. The highest BCUT2D eigenvalue weighted by atomic mass is 16.5. The number of nitrogens with one attached hydrogen (secondary N) is 1. The van der Waals surface area contributed by atoms with Gasteiger partial charge in [0.1, 0.15) is 6.61 Å². The van der Waals surface area contributed by atoms with Crippen LogP contribution in [0.3, 0.4) is 0 Å². The van der Waals surface area contributed by atoms with Gasteiger partial charge in [0.2, 0.25) is 0 Å². The summed E-state index contributed by atoms with van der Waals surface area (Å²) >= 11 is 0. The van der Waals surface area contributed by atoms with E-state index in [1.165, 1.54) is 0 Å². The molecular weight excluding hydrogens is 182 g/mol. The molecule has 1 aliphatic carbocycles. The van der Waals surface area contributed by atoms with Gasteiger partial charge in [-0.05, 0) is 32.2 Å². The smallest absolute Gasteiger partial charge is 0.329 e. The highest BCUT2D eigenvalue weighted by molar-refractivity contribution is 5.68. The second-order valence-electron chi connectivity index (χ2n) is 3.74. The molecule has 0 aliphatic heterocycles. The first kappa shape index (κ1) is 11.5. The van der Waals surface area contributed by atoms with E-state index in [9.17, 15) is 4.79 Å². The summed E-state index contributed by atoms with van der Waals surface area (Å²) in [5.41, 5.74) is 0. The lowest BCUT2D eigenvalue weighted by molar-refractivity contribution is -0.145. The minimum atomic E-state index is -0.876. The Morgan fingerprint density at radius 2 is 2.07 bits per heavy atom. The Bertz CT molecular complexity index is 176. The van der Waals surface area contributed by atoms with Crippen molar-refractivity contribution in [2.24, 2.45) is 0 Å². The van der Waals surface area contributed by atoms with E-state index in [1.807, 2.05) is 0 Å². The average Bonchev–Trinajstić information content (AvgIpc) is 2.17. The van der Waals surface area contributed by atoms with E-state index in [0.29, 0.717) is 6.04 Å². The zero-order chi connectivity index (χ0) is 10.4. The van der Waals surface area contributed by atoms with E-state index in [2.05, 4.69) is 12.2 Å². The molecule has 1 saturated carbocycles. The van der Waals surface area contributed by atoms with Crippen LogP contribution in [0.25, 0.3) is 0 Å². The fourth-order valence-corrected chi connectivity index (χ4v) is 1.91. The van der Waals surface area contributed by atoms with Crippen molar-refractivity contribution in [3.63, 3.8) is 0 Å². The third-order valence-corrected chi connectivity index (χ3v) is 2.61. The van der Waals surface area contributed by atoms with Crippen LogP contribution >= 0.6 is 0 Å². The molecule has 1 fully saturated rings. The molecule has 0 unspecified atom stereocenters. The zero-order valence-electron chi connectivity index (χ0n) is 8.66. The predicted molar refractivity (Wildman–Crippen MR) is 53.3 cm³/mol. The molecule has 0 aromatic rings. The minimum Gasteiger partial charge on any atom is -0.480 e. The van der Waals surface area contributed by atoms with Crippen LogP contribution in [0.4, 0.5) is 0 Å². The van der Waals surface area contributed by atoms with E-state index in [4.69, 9.17) is 9.84 Å². The molecule has 0 aromatic carbocycles. The Hall–Kier alpha value is -0.610. The summed E-state index contributed by atoms with van der Waals surface area (Å²) in [7, 11) is 0. The van der Waals surface area contributed by atoms with E-state index in [1.54, 1.807) is 0 Å². The zero-order valence-corrected chi connectivity index (χ0v) is 8.66. The maximum absolute atomic E-state index is 10.3. The third-order valence-electron chi connectivity index (χ3n) is 2.61. The summed E-state index contributed by atoms with van der Waals surface area (Å²) in [5, 5.41) is 11.8. The SMILES string of the molecule is CCNC1CCC(OCC(=O)O)CC1. The first-order valence-corrected chi connectivity index (χ1v) is 5.29. The highest BCUT2D eigenvalue weighted by Crippen LogP contribution is 2.20. The summed E-state index contributed by atoms with van der Waals surface area (Å²) in [6.45, 7) is 2.95. The predicted octanol–water partition coefficient (Wildman–Crippen LogP) is 1.01. The van der Waals surface area contributed by atoms with Crippen LogP contribution in [0.1, 0.15) is 32.6 Å². The second kappa shape index (κ2) is 5.98. The lowest BCUT2D eigenvalue weighted by Gasteiger charge is -2.28. The molecule has 0 saturated heterocycles. The Kier molecular flexibility index (Phi) is 4.90. The summed E-state index contributed by atoms with van der Waals surface area (Å²) in [6, 6.07) is 0.602. The summed E-state index contributed by atoms with van der Waals surface area (Å²) in [5.74, 6) is -0.876. The standard InChI is InChI=1S/C10H19NO3/c1-2-11-8-3-5-9(6-4-8)14-7-10(12)13/h8-9,11H,2-7H2,1H3,(H,12,13). The van der Waals surface area contributed by atoms with Crippen LogP contribution in [0.2, 0.25) is 0 Å². The fraction of sp³-hybridized carbons (Fsp3) is 0.900. The van der Waals surface area contributed by atoms with Crippen molar-refractivity contribution in [1.82, 2.24) is 5.32 Å². The lowest BCUT2D eigenvalue weighted by atomic mass is 9.93. The number of ether oxygens (including phenoxy) is 1. The maximum atomic E-state index is 10.3. The molecule has 4 nitrogen and oxygen atoms in total. The van der Waals surface area contributed by atoms with Gasteiger partial charge in [-0.2, -0.15) is 0 Å². The number of aliphatic carboxylic acids is 1. The Morgan fingerprint density at radius 1 is 1.43 bits per heavy atom. The van der Waals surface area contributed by atoms with Gasteiger partial charge in [-0.15, -0.1) is 0 Å². The molecule has 0 bridgehead atoms. The summed E-state index contributed by atoms with van der Waals surface area (Å²) in [6.07, 6.45) is 4.30. The van der Waals surface area contributed by atoms with Crippen LogP contribution in [0, 0.1) is 0 Å². The van der Waals surface area contributed by atoms with Gasteiger partial charge in [-0.25, -0.2) is 4.79 Å². The number of carbonyl (C=O) groups is 1. The van der Waals surface area contributed by atoms with Crippen molar-refractivity contribution in [1.29, 1.82) is 0 Å². The van der Waals surface area contributed by atoms with E-state index in [-0.39, 0.29) is 12.7 Å². The van der Waals surface area contributed by atoms with Crippen molar-refractivity contribution in [3.8, 4) is 0 Å². The van der Waals surface area contributed by atoms with Crippen molar-refractivity contribution in [2.45, 2.75) is 44.8 Å². The van der Waals surface area contributed by atoms with Crippen LogP contribution in [-0.2, 0) is 9.53 Å². The number of hydrogen-bond acceptors (Lipinski definition) is 3. The Labute approximate surface area is 84.6 Å². The number of carboxylic acid groups (broad SMARTS) is 1. The monoisotopic (exact) mass is 201 g/mol. The maximum Gasteiger partial charge on any atom is 0.329 e. The Morgan fingerprint density at radius 3 is 2.57 bits per heavy atom. The van der Waals surface area contributed by atoms with E-state index >= 15 is 0 Å². The van der Waals surface area contributed by atoms with Gasteiger partial charge in [-0.3, -0.25) is 0 Å². The molecule has 14 heavy (non-hydrogen) atoms.